The summed E-state index contributed by atoms with van der Waals surface area (Å²) in [5.74, 6) is 0.0630. The first-order valence-corrected chi connectivity index (χ1v) is 8.34. The topological polar surface area (TPSA) is 62.6 Å². The van der Waals surface area contributed by atoms with Crippen molar-refractivity contribution in [2.24, 2.45) is 5.41 Å². The Morgan fingerprint density at radius 3 is 2.50 bits per heavy atom. The van der Waals surface area contributed by atoms with Gasteiger partial charge in [0.25, 0.3) is 0 Å². The molecule has 2 aromatic rings. The molecular formula is C19H24N2O3. The van der Waals surface area contributed by atoms with Crippen LogP contribution in [0.15, 0.2) is 27.4 Å². The highest BCUT2D eigenvalue weighted by molar-refractivity contribution is 5.98. The molecule has 1 aromatic heterocycles. The summed E-state index contributed by atoms with van der Waals surface area (Å²) in [5.41, 5.74) is 2.38. The third-order valence-electron chi connectivity index (χ3n) is 5.18. The molecule has 0 saturated carbocycles. The minimum atomic E-state index is -0.352. The highest BCUT2D eigenvalue weighted by Crippen LogP contribution is 2.33. The van der Waals surface area contributed by atoms with Crippen LogP contribution in [-0.4, -0.2) is 30.9 Å². The third-order valence-corrected chi connectivity index (χ3v) is 5.18. The fraction of sp³-hybridized carbons (Fsp3) is 0.474. The van der Waals surface area contributed by atoms with Gasteiger partial charge in [-0.3, -0.25) is 4.79 Å². The quantitative estimate of drug-likeness (QED) is 0.861. The number of likely N-dealkylation sites (tertiary alicyclic amines) is 1. The van der Waals surface area contributed by atoms with E-state index in [0.717, 1.165) is 48.1 Å². The summed E-state index contributed by atoms with van der Waals surface area (Å²) in [4.78, 5) is 26.6. The van der Waals surface area contributed by atoms with Crippen molar-refractivity contribution in [3.63, 3.8) is 0 Å². The summed E-state index contributed by atoms with van der Waals surface area (Å²) in [6, 6.07) is 5.19. The summed E-state index contributed by atoms with van der Waals surface area (Å²) < 4.78 is 5.26. The van der Waals surface area contributed by atoms with E-state index in [-0.39, 0.29) is 16.9 Å². The normalized spacial score (nSPS) is 17.8. The van der Waals surface area contributed by atoms with Crippen LogP contribution in [-0.2, 0) is 4.79 Å². The van der Waals surface area contributed by atoms with E-state index < -0.39 is 0 Å². The Bertz CT molecular complexity index is 846. The predicted octanol–water partition coefficient (Wildman–Crippen LogP) is 3.08. The van der Waals surface area contributed by atoms with Gasteiger partial charge in [0.05, 0.1) is 0 Å². The standard InChI is InChI=1S/C19H24N2O3/c1-12-10-17(22)24-16-9-13(2)15(11-14(12)16)20-18(23)19(3)5-7-21(4)8-6-19/h9-11H,5-8H2,1-4H3,(H,20,23). The monoisotopic (exact) mass is 328 g/mol. The number of piperidine rings is 1. The van der Waals surface area contributed by atoms with Crippen molar-refractivity contribution in [3.05, 3.63) is 39.7 Å². The molecule has 5 nitrogen and oxygen atoms in total. The number of benzene rings is 1. The third kappa shape index (κ3) is 3.08. The van der Waals surface area contributed by atoms with Crippen LogP contribution in [0.5, 0.6) is 0 Å². The van der Waals surface area contributed by atoms with Crippen molar-refractivity contribution in [2.45, 2.75) is 33.6 Å². The Kier molecular flexibility index (Phi) is 4.22. The molecule has 1 N–H and O–H groups in total. The summed E-state index contributed by atoms with van der Waals surface area (Å²) in [7, 11) is 2.08. The molecule has 3 rings (SSSR count). The average Bonchev–Trinajstić information content (AvgIpc) is 2.51. The second kappa shape index (κ2) is 6.06. The molecule has 1 saturated heterocycles. The average molecular weight is 328 g/mol. The number of rotatable bonds is 2. The molecule has 0 atom stereocenters. The Morgan fingerprint density at radius 2 is 1.83 bits per heavy atom. The van der Waals surface area contributed by atoms with E-state index in [1.807, 2.05) is 32.9 Å². The number of carbonyl (C=O) groups is 1. The first-order chi connectivity index (χ1) is 11.3. The molecular weight excluding hydrogens is 304 g/mol. The van der Waals surface area contributed by atoms with Gasteiger partial charge in [0, 0.05) is 22.6 Å². The van der Waals surface area contributed by atoms with Gasteiger partial charge >= 0.3 is 5.63 Å². The van der Waals surface area contributed by atoms with Crippen molar-refractivity contribution in [3.8, 4) is 0 Å². The molecule has 0 radical (unpaired) electrons. The molecule has 5 heteroatoms. The minimum Gasteiger partial charge on any atom is -0.423 e. The number of carbonyl (C=O) groups excluding carboxylic acids is 1. The lowest BCUT2D eigenvalue weighted by Gasteiger charge is -2.36. The van der Waals surface area contributed by atoms with Crippen LogP contribution in [0.25, 0.3) is 11.0 Å². The Balaban J connectivity index is 1.91. The van der Waals surface area contributed by atoms with Gasteiger partial charge in [0.15, 0.2) is 0 Å². The van der Waals surface area contributed by atoms with Crippen LogP contribution in [0.4, 0.5) is 5.69 Å². The summed E-state index contributed by atoms with van der Waals surface area (Å²) in [6.45, 7) is 7.69. The van der Waals surface area contributed by atoms with Crippen LogP contribution < -0.4 is 10.9 Å². The number of anilines is 1. The molecule has 0 bridgehead atoms. The number of amides is 1. The van der Waals surface area contributed by atoms with Crippen LogP contribution in [0, 0.1) is 19.3 Å². The fourth-order valence-electron chi connectivity index (χ4n) is 3.21. The van der Waals surface area contributed by atoms with Gasteiger partial charge in [-0.15, -0.1) is 0 Å². The zero-order valence-corrected chi connectivity index (χ0v) is 14.7. The molecule has 1 amide bonds. The van der Waals surface area contributed by atoms with Gasteiger partial charge in [-0.25, -0.2) is 4.79 Å². The number of fused-ring (bicyclic) bond motifs is 1. The highest BCUT2D eigenvalue weighted by atomic mass is 16.4. The minimum absolute atomic E-state index is 0.0630. The van der Waals surface area contributed by atoms with E-state index in [1.165, 1.54) is 6.07 Å². The van der Waals surface area contributed by atoms with Crippen LogP contribution in [0.2, 0.25) is 0 Å². The zero-order chi connectivity index (χ0) is 17.5. The summed E-state index contributed by atoms with van der Waals surface area (Å²) >= 11 is 0. The smallest absolute Gasteiger partial charge is 0.336 e. The molecule has 1 fully saturated rings. The van der Waals surface area contributed by atoms with E-state index in [4.69, 9.17) is 4.42 Å². The molecule has 1 aliphatic heterocycles. The van der Waals surface area contributed by atoms with Crippen molar-refractivity contribution in [2.75, 3.05) is 25.5 Å². The van der Waals surface area contributed by atoms with Crippen LogP contribution in [0.1, 0.15) is 30.9 Å². The number of nitrogens with zero attached hydrogens (tertiary/aromatic N) is 1. The number of nitrogens with one attached hydrogen (secondary N) is 1. The van der Waals surface area contributed by atoms with E-state index in [9.17, 15) is 9.59 Å². The lowest BCUT2D eigenvalue weighted by Crippen LogP contribution is -2.43. The number of aryl methyl sites for hydroxylation is 2. The molecule has 0 aliphatic carbocycles. The maximum atomic E-state index is 12.8. The van der Waals surface area contributed by atoms with E-state index in [2.05, 4.69) is 17.3 Å². The molecule has 2 heterocycles. The fourth-order valence-corrected chi connectivity index (χ4v) is 3.21. The molecule has 128 valence electrons. The molecule has 0 unspecified atom stereocenters. The first-order valence-electron chi connectivity index (χ1n) is 8.34. The van der Waals surface area contributed by atoms with Gasteiger partial charge in [0.1, 0.15) is 5.58 Å². The zero-order valence-electron chi connectivity index (χ0n) is 14.7. The van der Waals surface area contributed by atoms with E-state index in [1.54, 1.807) is 0 Å². The van der Waals surface area contributed by atoms with E-state index in [0.29, 0.717) is 5.58 Å². The largest absolute Gasteiger partial charge is 0.423 e. The van der Waals surface area contributed by atoms with Crippen LogP contribution >= 0.6 is 0 Å². The van der Waals surface area contributed by atoms with Gasteiger partial charge in [-0.2, -0.15) is 0 Å². The summed E-state index contributed by atoms with van der Waals surface area (Å²) in [6.07, 6.45) is 1.71. The molecule has 1 aliphatic rings. The lowest BCUT2D eigenvalue weighted by molar-refractivity contribution is -0.127. The Hall–Kier alpha value is -2.14. The molecule has 24 heavy (non-hydrogen) atoms. The van der Waals surface area contributed by atoms with Gasteiger partial charge in [0.2, 0.25) is 5.91 Å². The second-order valence-corrected chi connectivity index (χ2v) is 7.23. The highest BCUT2D eigenvalue weighted by Gasteiger charge is 2.36. The van der Waals surface area contributed by atoms with Gasteiger partial charge in [-0.1, -0.05) is 6.92 Å². The predicted molar refractivity (Wildman–Crippen MR) is 95.4 cm³/mol. The van der Waals surface area contributed by atoms with Crippen LogP contribution in [0.3, 0.4) is 0 Å². The van der Waals surface area contributed by atoms with Crippen molar-refractivity contribution in [1.82, 2.24) is 4.90 Å². The molecule has 1 aromatic carbocycles. The number of hydrogen-bond acceptors (Lipinski definition) is 4. The Labute approximate surface area is 141 Å². The first kappa shape index (κ1) is 16.7. The molecule has 0 spiro atoms. The number of hydrogen-bond donors (Lipinski definition) is 1. The van der Waals surface area contributed by atoms with Gasteiger partial charge < -0.3 is 14.6 Å². The van der Waals surface area contributed by atoms with Gasteiger partial charge in [-0.05, 0) is 70.1 Å². The summed E-state index contributed by atoms with van der Waals surface area (Å²) in [5, 5.41) is 3.94. The maximum absolute atomic E-state index is 12.8. The van der Waals surface area contributed by atoms with E-state index >= 15 is 0 Å². The maximum Gasteiger partial charge on any atom is 0.336 e. The second-order valence-electron chi connectivity index (χ2n) is 7.23. The van der Waals surface area contributed by atoms with Crippen molar-refractivity contribution in [1.29, 1.82) is 0 Å². The Morgan fingerprint density at radius 1 is 1.17 bits per heavy atom. The van der Waals surface area contributed by atoms with Crippen molar-refractivity contribution >= 4 is 22.6 Å². The SMILES string of the molecule is Cc1cc2oc(=O)cc(C)c2cc1NC(=O)C1(C)CCN(C)CC1. The van der Waals surface area contributed by atoms with Crippen molar-refractivity contribution < 1.29 is 9.21 Å². The lowest BCUT2D eigenvalue weighted by atomic mass is 9.79.